The number of methoxy groups -OCH3 is 2. The quantitative estimate of drug-likeness (QED) is 0.627. The van der Waals surface area contributed by atoms with E-state index < -0.39 is 0 Å². The maximum absolute atomic E-state index is 5.03. The lowest BCUT2D eigenvalue weighted by atomic mass is 10.4. The van der Waals surface area contributed by atoms with E-state index in [9.17, 15) is 0 Å². The standard InChI is InChI=1S/C7H10O2S/c1-8-7(9-2)6-4-3-5-10-6/h3-5,7H,1-2H3. The molecule has 0 aliphatic carbocycles. The summed E-state index contributed by atoms with van der Waals surface area (Å²) in [6, 6.07) is 3.97. The Balaban J connectivity index is 2.64. The van der Waals surface area contributed by atoms with Gasteiger partial charge in [0.2, 0.25) is 0 Å². The molecule has 56 valence electrons. The maximum Gasteiger partial charge on any atom is 0.192 e. The van der Waals surface area contributed by atoms with Crippen molar-refractivity contribution in [2.75, 3.05) is 14.2 Å². The fourth-order valence-electron chi connectivity index (χ4n) is 0.754. The molecule has 0 N–H and O–H groups in total. The number of thiophene rings is 1. The van der Waals surface area contributed by atoms with E-state index in [1.165, 1.54) is 0 Å². The first-order valence-electron chi connectivity index (χ1n) is 2.97. The Hall–Kier alpha value is -0.380. The van der Waals surface area contributed by atoms with E-state index in [0.29, 0.717) is 0 Å². The van der Waals surface area contributed by atoms with E-state index >= 15 is 0 Å². The first-order chi connectivity index (χ1) is 4.88. The summed E-state index contributed by atoms with van der Waals surface area (Å²) in [6.45, 7) is 0. The van der Waals surface area contributed by atoms with Crippen molar-refractivity contribution < 1.29 is 9.47 Å². The van der Waals surface area contributed by atoms with Crippen LogP contribution >= 0.6 is 11.3 Å². The van der Waals surface area contributed by atoms with Crippen LogP contribution in [-0.4, -0.2) is 14.2 Å². The van der Waals surface area contributed by atoms with Crippen molar-refractivity contribution >= 4 is 11.3 Å². The first kappa shape index (κ1) is 7.72. The summed E-state index contributed by atoms with van der Waals surface area (Å²) in [5, 5.41) is 2.00. The van der Waals surface area contributed by atoms with Crippen molar-refractivity contribution in [2.45, 2.75) is 6.29 Å². The summed E-state index contributed by atoms with van der Waals surface area (Å²) < 4.78 is 10.1. The summed E-state index contributed by atoms with van der Waals surface area (Å²) in [4.78, 5) is 1.10. The summed E-state index contributed by atoms with van der Waals surface area (Å²) in [5.74, 6) is 0. The van der Waals surface area contributed by atoms with Crippen LogP contribution in [0.4, 0.5) is 0 Å². The zero-order valence-electron chi connectivity index (χ0n) is 6.03. The Morgan fingerprint density at radius 3 is 2.50 bits per heavy atom. The van der Waals surface area contributed by atoms with E-state index in [-0.39, 0.29) is 6.29 Å². The Morgan fingerprint density at radius 1 is 1.40 bits per heavy atom. The minimum atomic E-state index is -0.194. The van der Waals surface area contributed by atoms with Crippen LogP contribution in [0.25, 0.3) is 0 Å². The summed E-state index contributed by atoms with van der Waals surface area (Å²) in [6.07, 6.45) is -0.194. The van der Waals surface area contributed by atoms with Gasteiger partial charge in [0.15, 0.2) is 6.29 Å². The summed E-state index contributed by atoms with van der Waals surface area (Å²) in [7, 11) is 3.27. The zero-order valence-corrected chi connectivity index (χ0v) is 6.85. The third-order valence-corrected chi connectivity index (χ3v) is 2.10. The molecule has 0 radical (unpaired) electrons. The molecule has 0 bridgehead atoms. The minimum absolute atomic E-state index is 0.194. The van der Waals surface area contributed by atoms with Crippen molar-refractivity contribution in [3.8, 4) is 0 Å². The second kappa shape index (κ2) is 3.71. The number of hydrogen-bond acceptors (Lipinski definition) is 3. The fourth-order valence-corrected chi connectivity index (χ4v) is 1.53. The lowest BCUT2D eigenvalue weighted by Gasteiger charge is -2.09. The van der Waals surface area contributed by atoms with E-state index in [2.05, 4.69) is 0 Å². The van der Waals surface area contributed by atoms with Crippen LogP contribution in [0.1, 0.15) is 11.2 Å². The molecular formula is C7H10O2S. The molecule has 0 atom stereocenters. The molecule has 0 unspecified atom stereocenters. The molecule has 0 amide bonds. The Kier molecular flexibility index (Phi) is 2.86. The molecule has 10 heavy (non-hydrogen) atoms. The van der Waals surface area contributed by atoms with Crippen LogP contribution in [0.15, 0.2) is 17.5 Å². The molecule has 1 aromatic rings. The highest BCUT2D eigenvalue weighted by Crippen LogP contribution is 2.21. The third kappa shape index (κ3) is 1.56. The lowest BCUT2D eigenvalue weighted by molar-refractivity contribution is -0.103. The fraction of sp³-hybridized carbons (Fsp3) is 0.429. The zero-order chi connectivity index (χ0) is 7.40. The van der Waals surface area contributed by atoms with Crippen LogP contribution in [0.3, 0.4) is 0 Å². The van der Waals surface area contributed by atoms with Crippen LogP contribution in [-0.2, 0) is 9.47 Å². The van der Waals surface area contributed by atoms with Crippen molar-refractivity contribution in [3.63, 3.8) is 0 Å². The van der Waals surface area contributed by atoms with Crippen LogP contribution in [0.2, 0.25) is 0 Å². The predicted molar refractivity (Wildman–Crippen MR) is 41.1 cm³/mol. The molecule has 0 saturated carbocycles. The van der Waals surface area contributed by atoms with Gasteiger partial charge in [0.05, 0.1) is 4.88 Å². The highest BCUT2D eigenvalue weighted by molar-refractivity contribution is 7.10. The van der Waals surface area contributed by atoms with Gasteiger partial charge in [-0.3, -0.25) is 0 Å². The SMILES string of the molecule is COC(OC)c1cccs1. The minimum Gasteiger partial charge on any atom is -0.351 e. The highest BCUT2D eigenvalue weighted by Gasteiger charge is 2.07. The molecule has 1 heterocycles. The van der Waals surface area contributed by atoms with Crippen molar-refractivity contribution in [3.05, 3.63) is 22.4 Å². The van der Waals surface area contributed by atoms with Gasteiger partial charge in [0, 0.05) is 14.2 Å². The van der Waals surface area contributed by atoms with E-state index in [1.807, 2.05) is 17.5 Å². The first-order valence-corrected chi connectivity index (χ1v) is 3.85. The second-order valence-electron chi connectivity index (χ2n) is 1.82. The Morgan fingerprint density at radius 2 is 2.10 bits per heavy atom. The van der Waals surface area contributed by atoms with Crippen molar-refractivity contribution in [1.29, 1.82) is 0 Å². The maximum atomic E-state index is 5.03. The molecule has 0 spiro atoms. The molecular weight excluding hydrogens is 148 g/mol. The van der Waals surface area contributed by atoms with Gasteiger partial charge in [-0.15, -0.1) is 11.3 Å². The van der Waals surface area contributed by atoms with Gasteiger partial charge in [-0.2, -0.15) is 0 Å². The monoisotopic (exact) mass is 158 g/mol. The molecule has 1 aromatic heterocycles. The normalized spacial score (nSPS) is 10.7. The molecule has 2 nitrogen and oxygen atoms in total. The molecule has 1 rings (SSSR count). The molecule has 0 aromatic carbocycles. The molecule has 0 fully saturated rings. The number of ether oxygens (including phenoxy) is 2. The Labute approximate surface area is 64.4 Å². The van der Waals surface area contributed by atoms with Gasteiger partial charge in [-0.25, -0.2) is 0 Å². The third-order valence-electron chi connectivity index (χ3n) is 1.20. The largest absolute Gasteiger partial charge is 0.351 e. The Bertz CT molecular complexity index is 168. The van der Waals surface area contributed by atoms with E-state index in [0.717, 1.165) is 4.88 Å². The van der Waals surface area contributed by atoms with E-state index in [4.69, 9.17) is 9.47 Å². The molecule has 0 saturated heterocycles. The summed E-state index contributed by atoms with van der Waals surface area (Å²) in [5.41, 5.74) is 0. The lowest BCUT2D eigenvalue weighted by Crippen LogP contribution is -2.00. The smallest absolute Gasteiger partial charge is 0.192 e. The average Bonchev–Trinajstić information content (AvgIpc) is 2.43. The topological polar surface area (TPSA) is 18.5 Å². The van der Waals surface area contributed by atoms with Gasteiger partial charge < -0.3 is 9.47 Å². The van der Waals surface area contributed by atoms with Crippen molar-refractivity contribution in [2.24, 2.45) is 0 Å². The van der Waals surface area contributed by atoms with Gasteiger partial charge >= 0.3 is 0 Å². The predicted octanol–water partition coefficient (Wildman–Crippen LogP) is 2.04. The van der Waals surface area contributed by atoms with Crippen LogP contribution < -0.4 is 0 Å². The molecule has 0 aliphatic rings. The molecule has 0 aliphatic heterocycles. The van der Waals surface area contributed by atoms with Gasteiger partial charge in [0.25, 0.3) is 0 Å². The van der Waals surface area contributed by atoms with E-state index in [1.54, 1.807) is 25.6 Å². The summed E-state index contributed by atoms with van der Waals surface area (Å²) >= 11 is 1.63. The molecule has 3 heteroatoms. The highest BCUT2D eigenvalue weighted by atomic mass is 32.1. The second-order valence-corrected chi connectivity index (χ2v) is 2.80. The number of hydrogen-bond donors (Lipinski definition) is 0. The van der Waals surface area contributed by atoms with Crippen LogP contribution in [0.5, 0.6) is 0 Å². The average molecular weight is 158 g/mol. The van der Waals surface area contributed by atoms with Gasteiger partial charge in [-0.05, 0) is 11.4 Å². The number of rotatable bonds is 3. The van der Waals surface area contributed by atoms with Crippen LogP contribution in [0, 0.1) is 0 Å². The van der Waals surface area contributed by atoms with Crippen molar-refractivity contribution in [1.82, 2.24) is 0 Å². The van der Waals surface area contributed by atoms with Gasteiger partial charge in [-0.1, -0.05) is 6.07 Å². The van der Waals surface area contributed by atoms with Gasteiger partial charge in [0.1, 0.15) is 0 Å².